The summed E-state index contributed by atoms with van der Waals surface area (Å²) in [4.78, 5) is 27.3. The van der Waals surface area contributed by atoms with E-state index >= 15 is 0 Å². The van der Waals surface area contributed by atoms with Crippen molar-refractivity contribution in [2.75, 3.05) is 7.11 Å². The molecule has 184 valence electrons. The Labute approximate surface area is 227 Å². The number of benzene rings is 3. The minimum Gasteiger partial charge on any atom is -0.493 e. The van der Waals surface area contributed by atoms with Gasteiger partial charge >= 0.3 is 0 Å². The summed E-state index contributed by atoms with van der Waals surface area (Å²) >= 11 is 10.4. The van der Waals surface area contributed by atoms with Gasteiger partial charge in [0.2, 0.25) is 0 Å². The van der Waals surface area contributed by atoms with Crippen LogP contribution < -0.4 is 9.47 Å². The quantitative estimate of drug-likeness (QED) is 0.191. The number of methoxy groups -OCH3 is 1. The van der Waals surface area contributed by atoms with E-state index in [0.717, 1.165) is 38.5 Å². The van der Waals surface area contributed by atoms with E-state index in [-0.39, 0.29) is 17.7 Å². The summed E-state index contributed by atoms with van der Waals surface area (Å²) in [6, 6.07) is 18.7. The van der Waals surface area contributed by atoms with Crippen LogP contribution in [-0.2, 0) is 24.4 Å². The Morgan fingerprint density at radius 2 is 1.83 bits per heavy atom. The highest BCUT2D eigenvalue weighted by molar-refractivity contribution is 9.10. The van der Waals surface area contributed by atoms with Gasteiger partial charge in [0.25, 0.3) is 11.1 Å². The van der Waals surface area contributed by atoms with E-state index in [4.69, 9.17) is 21.1 Å². The third-order valence-corrected chi connectivity index (χ3v) is 7.43. The molecule has 1 saturated heterocycles. The maximum atomic E-state index is 13.1. The van der Waals surface area contributed by atoms with Gasteiger partial charge in [0.05, 0.1) is 18.6 Å². The van der Waals surface area contributed by atoms with Gasteiger partial charge in [-0.15, -0.1) is 6.58 Å². The molecule has 36 heavy (non-hydrogen) atoms. The average Bonchev–Trinajstić information content (AvgIpc) is 3.12. The van der Waals surface area contributed by atoms with Gasteiger partial charge in [0.1, 0.15) is 6.61 Å². The molecule has 3 aromatic rings. The smallest absolute Gasteiger partial charge is 0.293 e. The highest BCUT2D eigenvalue weighted by Gasteiger charge is 2.35. The third-order valence-electron chi connectivity index (χ3n) is 5.49. The molecule has 0 radical (unpaired) electrons. The molecule has 5 nitrogen and oxygen atoms in total. The summed E-state index contributed by atoms with van der Waals surface area (Å²) in [5.41, 5.74) is 3.41. The fourth-order valence-corrected chi connectivity index (χ4v) is 5.08. The van der Waals surface area contributed by atoms with Crippen molar-refractivity contribution in [2.45, 2.75) is 19.6 Å². The van der Waals surface area contributed by atoms with Crippen LogP contribution in [0.5, 0.6) is 11.5 Å². The second kappa shape index (κ2) is 11.8. The zero-order chi connectivity index (χ0) is 25.7. The Kier molecular flexibility index (Phi) is 8.56. The first-order valence-electron chi connectivity index (χ1n) is 11.1. The molecule has 3 aromatic carbocycles. The normalized spacial score (nSPS) is 14.4. The van der Waals surface area contributed by atoms with Gasteiger partial charge in [0.15, 0.2) is 11.5 Å². The summed E-state index contributed by atoms with van der Waals surface area (Å²) in [5.74, 6) is 0.807. The number of nitrogens with zero attached hydrogens (tertiary/aromatic N) is 1. The first kappa shape index (κ1) is 26.1. The number of allylic oxidation sites excluding steroid dienone is 1. The van der Waals surface area contributed by atoms with Gasteiger partial charge < -0.3 is 9.47 Å². The van der Waals surface area contributed by atoms with Crippen LogP contribution >= 0.6 is 39.3 Å². The van der Waals surface area contributed by atoms with Gasteiger partial charge in [-0.05, 0) is 71.3 Å². The molecule has 0 N–H and O–H groups in total. The predicted octanol–water partition coefficient (Wildman–Crippen LogP) is 7.66. The first-order chi connectivity index (χ1) is 17.4. The van der Waals surface area contributed by atoms with E-state index in [1.165, 1.54) is 4.90 Å². The highest BCUT2D eigenvalue weighted by Crippen LogP contribution is 2.38. The van der Waals surface area contributed by atoms with E-state index in [1.807, 2.05) is 54.6 Å². The number of halogens is 2. The zero-order valence-corrected chi connectivity index (χ0v) is 22.7. The molecule has 1 heterocycles. The van der Waals surface area contributed by atoms with Crippen molar-refractivity contribution in [3.63, 3.8) is 0 Å². The summed E-state index contributed by atoms with van der Waals surface area (Å²) in [6.07, 6.45) is 4.03. The zero-order valence-electron chi connectivity index (χ0n) is 19.5. The lowest BCUT2D eigenvalue weighted by atomic mass is 10.0. The molecular formula is C28H23BrClNO4S. The molecule has 0 spiro atoms. The van der Waals surface area contributed by atoms with Gasteiger partial charge in [-0.2, -0.15) is 0 Å². The van der Waals surface area contributed by atoms with Crippen LogP contribution in [0, 0.1) is 0 Å². The highest BCUT2D eigenvalue weighted by atomic mass is 79.9. The molecule has 2 amide bonds. The van der Waals surface area contributed by atoms with Crippen molar-refractivity contribution in [2.24, 2.45) is 0 Å². The lowest BCUT2D eigenvalue weighted by Crippen LogP contribution is -2.27. The number of hydrogen-bond donors (Lipinski definition) is 0. The number of ether oxygens (including phenoxy) is 2. The molecule has 4 rings (SSSR count). The van der Waals surface area contributed by atoms with Crippen LogP contribution in [0.25, 0.3) is 6.08 Å². The summed E-state index contributed by atoms with van der Waals surface area (Å²) in [6.45, 7) is 4.39. The monoisotopic (exact) mass is 583 g/mol. The van der Waals surface area contributed by atoms with Crippen LogP contribution in [0.3, 0.4) is 0 Å². The SMILES string of the molecule is C=CCc1cc(/C=C2\SC(=O)N(Cc3ccccc3Br)C2=O)cc(OC)c1OCc1ccc(Cl)cc1. The van der Waals surface area contributed by atoms with Crippen molar-refractivity contribution >= 4 is 56.5 Å². The van der Waals surface area contributed by atoms with Crippen molar-refractivity contribution in [3.8, 4) is 11.5 Å². The molecular weight excluding hydrogens is 562 g/mol. The minimum absolute atomic E-state index is 0.200. The summed E-state index contributed by atoms with van der Waals surface area (Å²) in [5, 5.41) is 0.358. The largest absolute Gasteiger partial charge is 0.493 e. The standard InChI is InChI=1S/C28H23BrClNO4S/c1-3-6-20-13-19(14-24(34-2)26(20)35-17-18-9-11-22(30)12-10-18)15-25-27(32)31(28(33)36-25)16-21-7-4-5-8-23(21)29/h3-5,7-15H,1,6,16-17H2,2H3/b25-15-. The molecule has 0 saturated carbocycles. The van der Waals surface area contributed by atoms with Crippen molar-refractivity contribution in [3.05, 3.63) is 110 Å². The van der Waals surface area contributed by atoms with E-state index in [9.17, 15) is 9.59 Å². The topological polar surface area (TPSA) is 55.8 Å². The lowest BCUT2D eigenvalue weighted by Gasteiger charge is -2.16. The van der Waals surface area contributed by atoms with E-state index in [1.54, 1.807) is 25.3 Å². The molecule has 1 aliphatic heterocycles. The predicted molar refractivity (Wildman–Crippen MR) is 148 cm³/mol. The Bertz CT molecular complexity index is 1340. The number of carbonyl (C=O) groups is 2. The Morgan fingerprint density at radius 1 is 1.08 bits per heavy atom. The minimum atomic E-state index is -0.326. The fourth-order valence-electron chi connectivity index (χ4n) is 3.71. The maximum absolute atomic E-state index is 13.1. The Hall–Kier alpha value is -3.00. The van der Waals surface area contributed by atoms with Crippen LogP contribution in [0.4, 0.5) is 4.79 Å². The summed E-state index contributed by atoms with van der Waals surface area (Å²) in [7, 11) is 1.57. The molecule has 0 aromatic heterocycles. The molecule has 1 fully saturated rings. The van der Waals surface area contributed by atoms with Crippen molar-refractivity contribution < 1.29 is 19.1 Å². The number of carbonyl (C=O) groups excluding carboxylic acids is 2. The molecule has 0 unspecified atom stereocenters. The molecule has 0 aliphatic carbocycles. The third kappa shape index (κ3) is 6.03. The van der Waals surface area contributed by atoms with Gasteiger partial charge in [-0.25, -0.2) is 0 Å². The lowest BCUT2D eigenvalue weighted by molar-refractivity contribution is -0.123. The number of rotatable bonds is 9. The first-order valence-corrected chi connectivity index (χ1v) is 13.1. The van der Waals surface area contributed by atoms with Crippen LogP contribution in [0.15, 0.2) is 82.7 Å². The van der Waals surface area contributed by atoms with Gasteiger partial charge in [0, 0.05) is 15.1 Å². The molecule has 0 bridgehead atoms. The maximum Gasteiger partial charge on any atom is 0.293 e. The van der Waals surface area contributed by atoms with E-state index < -0.39 is 0 Å². The summed E-state index contributed by atoms with van der Waals surface area (Å²) < 4.78 is 12.6. The van der Waals surface area contributed by atoms with Crippen LogP contribution in [0.2, 0.25) is 5.02 Å². The number of thioether (sulfide) groups is 1. The second-order valence-electron chi connectivity index (χ2n) is 7.98. The number of amides is 2. The fraction of sp³-hybridized carbons (Fsp3) is 0.143. The Balaban J connectivity index is 1.59. The average molecular weight is 585 g/mol. The van der Waals surface area contributed by atoms with Gasteiger partial charge in [-0.1, -0.05) is 63.9 Å². The molecule has 8 heteroatoms. The second-order valence-corrected chi connectivity index (χ2v) is 10.3. The van der Waals surface area contributed by atoms with Gasteiger partial charge in [-0.3, -0.25) is 14.5 Å². The number of imide groups is 1. The van der Waals surface area contributed by atoms with Crippen LogP contribution in [-0.4, -0.2) is 23.2 Å². The van der Waals surface area contributed by atoms with Crippen molar-refractivity contribution in [1.82, 2.24) is 4.90 Å². The number of hydrogen-bond acceptors (Lipinski definition) is 5. The van der Waals surface area contributed by atoms with E-state index in [2.05, 4.69) is 22.5 Å². The van der Waals surface area contributed by atoms with Crippen LogP contribution in [0.1, 0.15) is 22.3 Å². The van der Waals surface area contributed by atoms with Crippen molar-refractivity contribution in [1.29, 1.82) is 0 Å². The molecule has 1 aliphatic rings. The molecule has 0 atom stereocenters. The Morgan fingerprint density at radius 3 is 2.53 bits per heavy atom. The van der Waals surface area contributed by atoms with E-state index in [0.29, 0.717) is 34.5 Å².